The highest BCUT2D eigenvalue weighted by molar-refractivity contribution is 7.80. The zero-order chi connectivity index (χ0) is 82.9. The fraction of sp³-hybridized carbons (Fsp3) is 0.444. The molecule has 0 N–H and O–H groups in total. The summed E-state index contributed by atoms with van der Waals surface area (Å²) in [5, 5.41) is -3.43. The molecule has 0 nitrogen and oxygen atoms in total. The number of hydrogen-bond acceptors (Lipinski definition) is 0. The zero-order valence-electron chi connectivity index (χ0n) is 61.2. The minimum Gasteiger partial charge on any atom is -0.207 e. The van der Waals surface area contributed by atoms with Gasteiger partial charge in [-0.2, -0.15) is 0 Å². The molecule has 6 aromatic rings. The summed E-state index contributed by atoms with van der Waals surface area (Å²) in [6.45, 7) is 38.8. The Morgan fingerprint density at radius 3 is 0.368 bits per heavy atom. The minimum absolute atomic E-state index is 0.00675. The first-order valence-corrected chi connectivity index (χ1v) is 36.1. The second-order valence-electron chi connectivity index (χ2n) is 32.5. The van der Waals surface area contributed by atoms with Crippen LogP contribution in [-0.2, 0) is 0 Å². The molecule has 0 saturated heterocycles. The van der Waals surface area contributed by atoms with Gasteiger partial charge in [-0.3, -0.25) is 0 Å². The molecule has 0 heterocycles. The average Bonchev–Trinajstić information content (AvgIpc) is 0.608. The Morgan fingerprint density at radius 2 is 0.274 bits per heavy atom. The number of halogens is 30. The quantitative estimate of drug-likeness (QED) is 0.0255. The summed E-state index contributed by atoms with van der Waals surface area (Å²) in [4.78, 5) is 0. The van der Waals surface area contributed by atoms with E-state index >= 15 is 105 Å². The van der Waals surface area contributed by atoms with Crippen molar-refractivity contribution >= 4 is 59.6 Å². The van der Waals surface area contributed by atoms with Gasteiger partial charge in [0, 0.05) is 14.5 Å². The fourth-order valence-corrected chi connectivity index (χ4v) is 34.4. The molecule has 0 aromatic heterocycles. The summed E-state index contributed by atoms with van der Waals surface area (Å²) < 4.78 is 458. The molecule has 0 radical (unpaired) electrons. The van der Waals surface area contributed by atoms with Gasteiger partial charge in [-0.15, -0.1) is 56.6 Å². The lowest BCUT2D eigenvalue weighted by Crippen LogP contribution is -2.73. The monoisotopic (exact) mass is 1590 g/mol. The van der Waals surface area contributed by atoms with Crippen molar-refractivity contribution in [2.75, 3.05) is 12.3 Å². The summed E-state index contributed by atoms with van der Waals surface area (Å²) >= 11 is 0. The molecule has 0 aliphatic rings. The van der Waals surface area contributed by atoms with Gasteiger partial charge in [0.15, 0.2) is 105 Å². The topological polar surface area (TPSA) is 0 Å². The SMILES string of the molecule is C/C(C[B-](c1c(F)c(F)c(F)c(F)c1F)(c1c(F)c(F)c(F)c(F)c1F)c1c(F)c(F)c(F)c(F)c1F)=C(\C)C[P+](C(C)(C)C)(C(C)(C)C)C(C)(C)C.C/C(C[B-](c1c(F)c(F)c(F)c(F)c1F)(c1c(F)c(F)c(F)c(F)c1F)c1c(F)c(F)c(F)c(F)c1F)=C(\C)C[P+](C(C)(C)C)(C(C)(C)C)C(C)(C)C. The Labute approximate surface area is 594 Å². The smallest absolute Gasteiger partial charge is 0.200 e. The van der Waals surface area contributed by atoms with Crippen LogP contribution in [0.4, 0.5) is 132 Å². The van der Waals surface area contributed by atoms with E-state index in [-0.39, 0.29) is 23.5 Å². The molecule has 0 aliphatic carbocycles. The van der Waals surface area contributed by atoms with Crippen molar-refractivity contribution in [3.63, 3.8) is 0 Å². The van der Waals surface area contributed by atoms with Gasteiger partial charge in [0.2, 0.25) is 0 Å². The molecule has 588 valence electrons. The average molecular weight is 1590 g/mol. The molecule has 106 heavy (non-hydrogen) atoms. The lowest BCUT2D eigenvalue weighted by Gasteiger charge is -2.55. The molecule has 0 amide bonds. The van der Waals surface area contributed by atoms with Gasteiger partial charge in [-0.05, 0) is 163 Å². The maximum absolute atomic E-state index is 16.0. The largest absolute Gasteiger partial charge is 0.207 e. The molecule has 6 rings (SSSR count). The van der Waals surface area contributed by atoms with Crippen LogP contribution in [0.1, 0.15) is 152 Å². The first kappa shape index (κ1) is 90.3. The van der Waals surface area contributed by atoms with E-state index in [0.29, 0.717) is 0 Å². The molecular weight excluding hydrogens is 1520 g/mol. The summed E-state index contributed by atoms with van der Waals surface area (Å²) in [5.74, 6) is -89.8. The van der Waals surface area contributed by atoms with Crippen molar-refractivity contribution in [3.8, 4) is 0 Å². The van der Waals surface area contributed by atoms with Crippen LogP contribution in [0, 0.1) is 175 Å². The van der Waals surface area contributed by atoms with E-state index in [1.165, 1.54) is 13.8 Å². The van der Waals surface area contributed by atoms with Crippen LogP contribution in [0.3, 0.4) is 0 Å². The van der Waals surface area contributed by atoms with Gasteiger partial charge in [0.1, 0.15) is 82.1 Å². The van der Waals surface area contributed by atoms with Crippen LogP contribution in [0.25, 0.3) is 0 Å². The van der Waals surface area contributed by atoms with Crippen LogP contribution in [0.2, 0.25) is 12.6 Å². The molecule has 34 heteroatoms. The Morgan fingerprint density at radius 1 is 0.179 bits per heavy atom. The first-order chi connectivity index (χ1) is 47.6. The molecule has 0 bridgehead atoms. The van der Waals surface area contributed by atoms with E-state index in [9.17, 15) is 26.3 Å². The number of allylic oxidation sites excluding steroid dienone is 4. The van der Waals surface area contributed by atoms with E-state index in [0.717, 1.165) is 13.8 Å². The van der Waals surface area contributed by atoms with Crippen LogP contribution in [0.15, 0.2) is 22.3 Å². The van der Waals surface area contributed by atoms with E-state index in [4.69, 9.17) is 0 Å². The third kappa shape index (κ3) is 14.0. The van der Waals surface area contributed by atoms with Crippen molar-refractivity contribution in [1.29, 1.82) is 0 Å². The molecule has 0 atom stereocenters. The minimum atomic E-state index is -5.68. The fourth-order valence-electron chi connectivity index (χ4n) is 17.5. The van der Waals surface area contributed by atoms with Crippen LogP contribution >= 0.6 is 14.5 Å². The van der Waals surface area contributed by atoms with Crippen molar-refractivity contribution < 1.29 is 132 Å². The van der Waals surface area contributed by atoms with E-state index < -0.39 is 289 Å². The van der Waals surface area contributed by atoms with E-state index in [2.05, 4.69) is 0 Å². The van der Waals surface area contributed by atoms with Crippen LogP contribution < -0.4 is 32.8 Å². The maximum atomic E-state index is 16.0. The molecule has 0 aliphatic heterocycles. The molecule has 6 aromatic carbocycles. The Bertz CT molecular complexity index is 3740. The van der Waals surface area contributed by atoms with Crippen molar-refractivity contribution in [1.82, 2.24) is 0 Å². The Balaban J connectivity index is 0.000000381. The third-order valence-electron chi connectivity index (χ3n) is 20.9. The Hall–Kier alpha value is -6.31. The highest BCUT2D eigenvalue weighted by atomic mass is 31.2. The van der Waals surface area contributed by atoms with Crippen molar-refractivity contribution in [3.05, 3.63) is 197 Å². The van der Waals surface area contributed by atoms with Gasteiger partial charge in [0.05, 0.1) is 43.3 Å². The molecule has 0 fully saturated rings. The number of rotatable bonds is 14. The first-order valence-electron chi connectivity index (χ1n) is 32.1. The van der Waals surface area contributed by atoms with Gasteiger partial charge in [-0.25, -0.2) is 132 Å². The summed E-state index contributed by atoms with van der Waals surface area (Å²) in [6, 6.07) is 0. The second-order valence-corrected chi connectivity index (χ2v) is 44.4. The lowest BCUT2D eigenvalue weighted by molar-refractivity contribution is 0.379. The van der Waals surface area contributed by atoms with Gasteiger partial charge in [-0.1, -0.05) is 0 Å². The third-order valence-corrected chi connectivity index (χ3v) is 36.6. The normalized spacial score (nSPS) is 13.9. The number of hydrogen-bond donors (Lipinski definition) is 0. The highest BCUT2D eigenvalue weighted by Gasteiger charge is 2.66. The van der Waals surface area contributed by atoms with Gasteiger partial charge in [0.25, 0.3) is 0 Å². The second kappa shape index (κ2) is 29.8. The van der Waals surface area contributed by atoms with E-state index in [1.807, 2.05) is 125 Å². The van der Waals surface area contributed by atoms with Crippen LogP contribution in [0.5, 0.6) is 0 Å². The lowest BCUT2D eigenvalue weighted by atomic mass is 9.13. The summed E-state index contributed by atoms with van der Waals surface area (Å²) in [7, 11) is -5.13. The molecule has 0 spiro atoms. The molecule has 0 unspecified atom stereocenters. The summed E-state index contributed by atoms with van der Waals surface area (Å²) in [6.07, 6.45) is -14.9. The maximum Gasteiger partial charge on any atom is 0.200 e. The zero-order valence-corrected chi connectivity index (χ0v) is 63.0. The summed E-state index contributed by atoms with van der Waals surface area (Å²) in [5.41, 5.74) is -16.2. The van der Waals surface area contributed by atoms with Crippen molar-refractivity contribution in [2.24, 2.45) is 0 Å². The van der Waals surface area contributed by atoms with Crippen LogP contribution in [-0.4, -0.2) is 55.6 Å². The van der Waals surface area contributed by atoms with Gasteiger partial charge >= 0.3 is 0 Å². The predicted molar refractivity (Wildman–Crippen MR) is 355 cm³/mol. The predicted octanol–water partition coefficient (Wildman–Crippen LogP) is 22.0. The van der Waals surface area contributed by atoms with Gasteiger partial charge < -0.3 is 0 Å². The van der Waals surface area contributed by atoms with Crippen molar-refractivity contribution in [2.45, 2.75) is 196 Å². The standard InChI is InChI=1S/2C36H37BF15P/c2*1-14(15(2)13-53(34(3,4)5,35(6,7)8)36(9,10)11)12-37(16-19(38)25(44)31(50)26(45)20(16)39,17-21(40)27(46)32(51)28(47)22(17)41)18-23(42)29(48)33(52)30(49)24(18)43/h2*12-13H2,1-11H3/b2*15-14-. The highest BCUT2D eigenvalue weighted by Crippen LogP contribution is 2.85. The van der Waals surface area contributed by atoms with E-state index in [1.54, 1.807) is 0 Å². The Kier molecular flexibility index (Phi) is 25.4. The molecular formula is C72H74B2F30P2. The number of benzene rings is 6. The molecule has 0 saturated carbocycles.